The number of rotatable bonds is 2. The Balaban J connectivity index is 2.23. The summed E-state index contributed by atoms with van der Waals surface area (Å²) in [5, 5.41) is 9.95. The zero-order chi connectivity index (χ0) is 8.39. The van der Waals surface area contributed by atoms with E-state index in [0.717, 1.165) is 6.29 Å². The molecule has 1 aliphatic heterocycles. The SMILES string of the molecule is O=CC1NC=CN1c1nnco1. The Bertz CT molecular complexity index is 295. The molecule has 1 N–H and O–H groups in total. The summed E-state index contributed by atoms with van der Waals surface area (Å²) in [5.74, 6) is 0. The topological polar surface area (TPSA) is 71.3 Å². The molecule has 0 aromatic carbocycles. The molecular formula is C6H6N4O2. The first-order chi connectivity index (χ1) is 5.92. The van der Waals surface area contributed by atoms with Crippen LogP contribution in [0.2, 0.25) is 0 Å². The van der Waals surface area contributed by atoms with Crippen molar-refractivity contribution in [2.24, 2.45) is 0 Å². The molecule has 12 heavy (non-hydrogen) atoms. The van der Waals surface area contributed by atoms with E-state index in [1.54, 1.807) is 17.3 Å². The lowest BCUT2D eigenvalue weighted by Gasteiger charge is -2.14. The fraction of sp³-hybridized carbons (Fsp3) is 0.167. The minimum Gasteiger partial charge on any atom is -0.411 e. The molecule has 0 spiro atoms. The molecule has 0 fully saturated rings. The average molecular weight is 166 g/mol. The van der Waals surface area contributed by atoms with Gasteiger partial charge in [-0.15, -0.1) is 5.10 Å². The van der Waals surface area contributed by atoms with Crippen LogP contribution in [-0.4, -0.2) is 22.6 Å². The van der Waals surface area contributed by atoms with Crippen molar-refractivity contribution in [3.05, 3.63) is 18.8 Å². The lowest BCUT2D eigenvalue weighted by molar-refractivity contribution is -0.109. The molecular weight excluding hydrogens is 160 g/mol. The fourth-order valence-corrected chi connectivity index (χ4v) is 0.962. The highest BCUT2D eigenvalue weighted by atomic mass is 16.4. The maximum atomic E-state index is 10.5. The van der Waals surface area contributed by atoms with E-state index < -0.39 is 6.17 Å². The Morgan fingerprint density at radius 3 is 3.33 bits per heavy atom. The molecule has 0 saturated carbocycles. The largest absolute Gasteiger partial charge is 0.411 e. The Morgan fingerprint density at radius 2 is 2.67 bits per heavy atom. The van der Waals surface area contributed by atoms with Gasteiger partial charge in [0.15, 0.2) is 12.5 Å². The molecule has 0 saturated heterocycles. The molecule has 2 rings (SSSR count). The Kier molecular flexibility index (Phi) is 1.51. The van der Waals surface area contributed by atoms with E-state index >= 15 is 0 Å². The normalized spacial score (nSPS) is 21.0. The predicted molar refractivity (Wildman–Crippen MR) is 38.9 cm³/mol. The minimum absolute atomic E-state index is 0.299. The highest BCUT2D eigenvalue weighted by Gasteiger charge is 2.22. The standard InChI is InChI=1S/C6H6N4O2/c11-3-5-7-1-2-10(5)6-9-8-4-12-6/h1-5,7H. The molecule has 0 bridgehead atoms. The van der Waals surface area contributed by atoms with Gasteiger partial charge in [-0.2, -0.15) is 0 Å². The van der Waals surface area contributed by atoms with Crippen molar-refractivity contribution in [3.63, 3.8) is 0 Å². The van der Waals surface area contributed by atoms with Crippen molar-refractivity contribution >= 4 is 12.3 Å². The van der Waals surface area contributed by atoms with Gasteiger partial charge in [-0.25, -0.2) is 0 Å². The second-order valence-electron chi connectivity index (χ2n) is 2.19. The molecule has 2 heterocycles. The molecule has 1 aromatic heterocycles. The van der Waals surface area contributed by atoms with Crippen LogP contribution in [0.3, 0.4) is 0 Å². The highest BCUT2D eigenvalue weighted by molar-refractivity contribution is 5.65. The quantitative estimate of drug-likeness (QED) is 0.596. The third kappa shape index (κ3) is 0.931. The van der Waals surface area contributed by atoms with E-state index in [-0.39, 0.29) is 0 Å². The van der Waals surface area contributed by atoms with Crippen LogP contribution in [0.25, 0.3) is 0 Å². The molecule has 0 aliphatic carbocycles. The van der Waals surface area contributed by atoms with E-state index in [1.165, 1.54) is 6.39 Å². The molecule has 0 amide bonds. The molecule has 6 heteroatoms. The molecule has 1 aromatic rings. The van der Waals surface area contributed by atoms with E-state index in [2.05, 4.69) is 15.5 Å². The van der Waals surface area contributed by atoms with Crippen LogP contribution in [-0.2, 0) is 4.79 Å². The van der Waals surface area contributed by atoms with Crippen LogP contribution in [0.5, 0.6) is 0 Å². The molecule has 0 radical (unpaired) electrons. The van der Waals surface area contributed by atoms with Crippen molar-refractivity contribution in [2.45, 2.75) is 6.17 Å². The number of hydrogen-bond donors (Lipinski definition) is 1. The number of carbonyl (C=O) groups is 1. The van der Waals surface area contributed by atoms with Gasteiger partial charge in [-0.3, -0.25) is 9.69 Å². The number of anilines is 1. The molecule has 6 nitrogen and oxygen atoms in total. The Labute approximate surface area is 67.9 Å². The predicted octanol–water partition coefficient (Wildman–Crippen LogP) is -0.525. The Hall–Kier alpha value is -1.85. The summed E-state index contributed by atoms with van der Waals surface area (Å²) in [6.07, 6.45) is 4.83. The zero-order valence-corrected chi connectivity index (χ0v) is 6.04. The summed E-state index contributed by atoms with van der Waals surface area (Å²) in [7, 11) is 0. The molecule has 1 atom stereocenters. The number of hydrogen-bond acceptors (Lipinski definition) is 6. The minimum atomic E-state index is -0.439. The van der Waals surface area contributed by atoms with E-state index in [0.29, 0.717) is 6.01 Å². The summed E-state index contributed by atoms with van der Waals surface area (Å²) < 4.78 is 4.90. The van der Waals surface area contributed by atoms with Gasteiger partial charge < -0.3 is 9.73 Å². The smallest absolute Gasteiger partial charge is 0.324 e. The second-order valence-corrected chi connectivity index (χ2v) is 2.19. The van der Waals surface area contributed by atoms with E-state index in [1.807, 2.05) is 0 Å². The summed E-state index contributed by atoms with van der Waals surface area (Å²) in [6.45, 7) is 0. The highest BCUT2D eigenvalue weighted by Crippen LogP contribution is 2.13. The van der Waals surface area contributed by atoms with Crippen LogP contribution < -0.4 is 10.2 Å². The summed E-state index contributed by atoms with van der Waals surface area (Å²) >= 11 is 0. The lowest BCUT2D eigenvalue weighted by atomic mass is 10.5. The number of nitrogens with zero attached hydrogens (tertiary/aromatic N) is 3. The van der Waals surface area contributed by atoms with Gasteiger partial charge in [-0.1, -0.05) is 5.10 Å². The van der Waals surface area contributed by atoms with E-state index in [9.17, 15) is 4.79 Å². The summed E-state index contributed by atoms with van der Waals surface area (Å²) in [5.41, 5.74) is 0. The van der Waals surface area contributed by atoms with Gasteiger partial charge in [0.25, 0.3) is 0 Å². The van der Waals surface area contributed by atoms with E-state index in [4.69, 9.17) is 4.42 Å². The first kappa shape index (κ1) is 6.84. The van der Waals surface area contributed by atoms with Crippen molar-refractivity contribution in [3.8, 4) is 0 Å². The maximum Gasteiger partial charge on any atom is 0.324 e. The number of aromatic nitrogens is 2. The Morgan fingerprint density at radius 1 is 1.75 bits per heavy atom. The second kappa shape index (κ2) is 2.65. The monoisotopic (exact) mass is 166 g/mol. The summed E-state index contributed by atoms with van der Waals surface area (Å²) in [4.78, 5) is 12.0. The molecule has 62 valence electrons. The number of nitrogens with one attached hydrogen (secondary N) is 1. The first-order valence-corrected chi connectivity index (χ1v) is 3.34. The summed E-state index contributed by atoms with van der Waals surface area (Å²) in [6, 6.07) is 0.299. The van der Waals surface area contributed by atoms with Gasteiger partial charge in [0, 0.05) is 12.4 Å². The first-order valence-electron chi connectivity index (χ1n) is 3.34. The van der Waals surface area contributed by atoms with Crippen LogP contribution in [0.4, 0.5) is 6.01 Å². The van der Waals surface area contributed by atoms with Gasteiger partial charge in [0.1, 0.15) is 0 Å². The van der Waals surface area contributed by atoms with Crippen LogP contribution in [0.15, 0.2) is 23.2 Å². The average Bonchev–Trinajstić information content (AvgIpc) is 2.74. The third-order valence-electron chi connectivity index (χ3n) is 1.50. The van der Waals surface area contributed by atoms with Crippen LogP contribution in [0.1, 0.15) is 0 Å². The molecule has 1 unspecified atom stereocenters. The van der Waals surface area contributed by atoms with Gasteiger partial charge in [0.05, 0.1) is 0 Å². The van der Waals surface area contributed by atoms with Crippen LogP contribution in [0, 0.1) is 0 Å². The van der Waals surface area contributed by atoms with Crippen molar-refractivity contribution in [1.29, 1.82) is 0 Å². The lowest BCUT2D eigenvalue weighted by Crippen LogP contribution is -2.36. The maximum absolute atomic E-state index is 10.5. The molecule has 1 aliphatic rings. The van der Waals surface area contributed by atoms with Crippen molar-refractivity contribution < 1.29 is 9.21 Å². The number of aldehydes is 1. The zero-order valence-electron chi connectivity index (χ0n) is 6.04. The van der Waals surface area contributed by atoms with Crippen molar-refractivity contribution in [1.82, 2.24) is 15.5 Å². The third-order valence-corrected chi connectivity index (χ3v) is 1.50. The fourth-order valence-electron chi connectivity index (χ4n) is 0.962. The number of carbonyl (C=O) groups excluding carboxylic acids is 1. The van der Waals surface area contributed by atoms with Gasteiger partial charge >= 0.3 is 6.01 Å². The van der Waals surface area contributed by atoms with Crippen molar-refractivity contribution in [2.75, 3.05) is 4.90 Å². The van der Waals surface area contributed by atoms with Gasteiger partial charge in [-0.05, 0) is 0 Å². The van der Waals surface area contributed by atoms with Crippen LogP contribution >= 0.6 is 0 Å². The van der Waals surface area contributed by atoms with Gasteiger partial charge in [0.2, 0.25) is 6.39 Å².